The first-order chi connectivity index (χ1) is 7.69. The van der Waals surface area contributed by atoms with Crippen molar-refractivity contribution in [1.82, 2.24) is 0 Å². The Labute approximate surface area is 97.9 Å². The molecule has 1 spiro atoms. The van der Waals surface area contributed by atoms with Crippen molar-refractivity contribution in [2.45, 2.75) is 12.0 Å². The molecule has 2 heterocycles. The molecule has 1 fully saturated rings. The highest BCUT2D eigenvalue weighted by Crippen LogP contribution is 2.36. The number of anilines is 2. The summed E-state index contributed by atoms with van der Waals surface area (Å²) in [5, 5.41) is 6.77. The fourth-order valence-corrected chi connectivity index (χ4v) is 2.40. The lowest BCUT2D eigenvalue weighted by Gasteiger charge is -2.36. The molecule has 1 unspecified atom stereocenters. The lowest BCUT2D eigenvalue weighted by molar-refractivity contribution is 0.184. The van der Waals surface area contributed by atoms with Crippen molar-refractivity contribution in [2.75, 3.05) is 30.4 Å². The molecular formula is C11H12ClFN2O. The second kappa shape index (κ2) is 3.50. The van der Waals surface area contributed by atoms with Gasteiger partial charge in [0.15, 0.2) is 0 Å². The van der Waals surface area contributed by atoms with E-state index in [-0.39, 0.29) is 10.6 Å². The molecule has 2 aliphatic rings. The minimum atomic E-state index is -0.398. The maximum absolute atomic E-state index is 13.4. The predicted octanol–water partition coefficient (Wildman–Crippen LogP) is 2.48. The SMILES string of the molecule is Fc1cc2c(cc1Cl)NCC1(CCOC1)N2. The van der Waals surface area contributed by atoms with E-state index in [1.165, 1.54) is 6.07 Å². The van der Waals surface area contributed by atoms with Crippen LogP contribution in [-0.4, -0.2) is 25.3 Å². The van der Waals surface area contributed by atoms with Crippen LogP contribution in [0, 0.1) is 5.82 Å². The maximum Gasteiger partial charge on any atom is 0.143 e. The van der Waals surface area contributed by atoms with E-state index in [0.717, 1.165) is 30.9 Å². The van der Waals surface area contributed by atoms with Crippen LogP contribution >= 0.6 is 11.6 Å². The summed E-state index contributed by atoms with van der Waals surface area (Å²) in [6, 6.07) is 3.05. The second-order valence-electron chi connectivity index (χ2n) is 4.37. The standard InChI is InChI=1S/C11H12ClFN2O/c12-7-3-9-10(4-8(7)13)15-11(5-14-9)1-2-16-6-11/h3-4,14-15H,1-2,5-6H2. The molecule has 0 amide bonds. The highest BCUT2D eigenvalue weighted by molar-refractivity contribution is 6.31. The van der Waals surface area contributed by atoms with E-state index in [4.69, 9.17) is 16.3 Å². The molecule has 3 nitrogen and oxygen atoms in total. The van der Waals surface area contributed by atoms with Gasteiger partial charge in [0.25, 0.3) is 0 Å². The van der Waals surface area contributed by atoms with Crippen LogP contribution in [0.15, 0.2) is 12.1 Å². The van der Waals surface area contributed by atoms with Gasteiger partial charge in [-0.15, -0.1) is 0 Å². The molecule has 0 aliphatic carbocycles. The van der Waals surface area contributed by atoms with Gasteiger partial charge in [-0.3, -0.25) is 0 Å². The first-order valence-electron chi connectivity index (χ1n) is 5.27. The summed E-state index contributed by atoms with van der Waals surface area (Å²) >= 11 is 5.73. The molecule has 1 atom stereocenters. The fourth-order valence-electron chi connectivity index (χ4n) is 2.24. The van der Waals surface area contributed by atoms with Crippen LogP contribution < -0.4 is 10.6 Å². The first kappa shape index (κ1) is 10.2. The highest BCUT2D eigenvalue weighted by atomic mass is 35.5. The predicted molar refractivity (Wildman–Crippen MR) is 61.7 cm³/mol. The smallest absolute Gasteiger partial charge is 0.143 e. The zero-order chi connectivity index (χ0) is 11.2. The van der Waals surface area contributed by atoms with Crippen molar-refractivity contribution in [1.29, 1.82) is 0 Å². The minimum Gasteiger partial charge on any atom is -0.381 e. The molecule has 2 N–H and O–H groups in total. The Morgan fingerprint density at radius 1 is 1.38 bits per heavy atom. The largest absolute Gasteiger partial charge is 0.381 e. The molecule has 1 aromatic rings. The van der Waals surface area contributed by atoms with Gasteiger partial charge in [0.2, 0.25) is 0 Å². The van der Waals surface area contributed by atoms with Gasteiger partial charge in [-0.2, -0.15) is 0 Å². The molecule has 1 saturated heterocycles. The van der Waals surface area contributed by atoms with Gasteiger partial charge < -0.3 is 15.4 Å². The van der Waals surface area contributed by atoms with Gasteiger partial charge in [-0.25, -0.2) is 4.39 Å². The van der Waals surface area contributed by atoms with Crippen molar-refractivity contribution in [3.8, 4) is 0 Å². The van der Waals surface area contributed by atoms with Gasteiger partial charge >= 0.3 is 0 Å². The van der Waals surface area contributed by atoms with E-state index in [0.29, 0.717) is 6.61 Å². The Hall–Kier alpha value is -1.00. The topological polar surface area (TPSA) is 33.3 Å². The summed E-state index contributed by atoms with van der Waals surface area (Å²) in [7, 11) is 0. The van der Waals surface area contributed by atoms with Crippen molar-refractivity contribution in [3.05, 3.63) is 23.0 Å². The molecule has 5 heteroatoms. The number of halogens is 2. The molecule has 0 bridgehead atoms. The van der Waals surface area contributed by atoms with Crippen LogP contribution in [0.3, 0.4) is 0 Å². The fraction of sp³-hybridized carbons (Fsp3) is 0.455. The third-order valence-corrected chi connectivity index (χ3v) is 3.47. The number of nitrogens with one attached hydrogen (secondary N) is 2. The minimum absolute atomic E-state index is 0.0900. The van der Waals surface area contributed by atoms with E-state index in [2.05, 4.69) is 10.6 Å². The van der Waals surface area contributed by atoms with Gasteiger partial charge in [-0.1, -0.05) is 11.6 Å². The average molecular weight is 243 g/mol. The second-order valence-corrected chi connectivity index (χ2v) is 4.78. The van der Waals surface area contributed by atoms with Gasteiger partial charge in [0.05, 0.1) is 28.5 Å². The van der Waals surface area contributed by atoms with Crippen LogP contribution in [0.4, 0.5) is 15.8 Å². The van der Waals surface area contributed by atoms with Crippen LogP contribution in [0.1, 0.15) is 6.42 Å². The maximum atomic E-state index is 13.4. The lowest BCUT2D eigenvalue weighted by atomic mass is 9.95. The Morgan fingerprint density at radius 3 is 3.00 bits per heavy atom. The number of ether oxygens (including phenoxy) is 1. The van der Waals surface area contributed by atoms with Crippen molar-refractivity contribution >= 4 is 23.0 Å². The molecule has 86 valence electrons. The van der Waals surface area contributed by atoms with Crippen molar-refractivity contribution in [3.63, 3.8) is 0 Å². The quantitative estimate of drug-likeness (QED) is 0.733. The third-order valence-electron chi connectivity index (χ3n) is 3.18. The summed E-state index contributed by atoms with van der Waals surface area (Å²) in [4.78, 5) is 0. The number of fused-ring (bicyclic) bond motifs is 1. The average Bonchev–Trinajstić information content (AvgIpc) is 2.69. The van der Waals surface area contributed by atoms with Crippen molar-refractivity contribution < 1.29 is 9.13 Å². The van der Waals surface area contributed by atoms with Crippen LogP contribution in [0.25, 0.3) is 0 Å². The van der Waals surface area contributed by atoms with Crippen LogP contribution in [-0.2, 0) is 4.74 Å². The van der Waals surface area contributed by atoms with Crippen LogP contribution in [0.5, 0.6) is 0 Å². The molecule has 0 saturated carbocycles. The van der Waals surface area contributed by atoms with Gasteiger partial charge in [0.1, 0.15) is 5.82 Å². The van der Waals surface area contributed by atoms with E-state index < -0.39 is 5.82 Å². The molecule has 1 aromatic carbocycles. The summed E-state index contributed by atoms with van der Waals surface area (Å²) in [5.74, 6) is -0.398. The first-order valence-corrected chi connectivity index (χ1v) is 5.65. The van der Waals surface area contributed by atoms with Crippen molar-refractivity contribution in [2.24, 2.45) is 0 Å². The lowest BCUT2D eigenvalue weighted by Crippen LogP contribution is -2.48. The number of benzene rings is 1. The number of hydrogen-bond donors (Lipinski definition) is 2. The van der Waals surface area contributed by atoms with Crippen LogP contribution in [0.2, 0.25) is 5.02 Å². The van der Waals surface area contributed by atoms with E-state index in [1.807, 2.05) is 0 Å². The zero-order valence-corrected chi connectivity index (χ0v) is 9.40. The molecular weight excluding hydrogens is 231 g/mol. The zero-order valence-electron chi connectivity index (χ0n) is 8.65. The normalized spacial score (nSPS) is 27.4. The monoisotopic (exact) mass is 242 g/mol. The molecule has 2 aliphatic heterocycles. The number of rotatable bonds is 0. The molecule has 16 heavy (non-hydrogen) atoms. The summed E-state index contributed by atoms with van der Waals surface area (Å²) in [6.45, 7) is 2.19. The number of hydrogen-bond acceptors (Lipinski definition) is 3. The third kappa shape index (κ3) is 1.53. The van der Waals surface area contributed by atoms with E-state index in [1.54, 1.807) is 6.07 Å². The van der Waals surface area contributed by atoms with E-state index >= 15 is 0 Å². The summed E-state index contributed by atoms with van der Waals surface area (Å²) < 4.78 is 18.7. The van der Waals surface area contributed by atoms with E-state index in [9.17, 15) is 4.39 Å². The highest BCUT2D eigenvalue weighted by Gasteiger charge is 2.38. The molecule has 0 aromatic heterocycles. The molecule has 0 radical (unpaired) electrons. The Kier molecular flexibility index (Phi) is 2.23. The molecule has 3 rings (SSSR count). The van der Waals surface area contributed by atoms with Gasteiger partial charge in [-0.05, 0) is 12.5 Å². The Balaban J connectivity index is 1.96. The summed E-state index contributed by atoms with van der Waals surface area (Å²) in [6.07, 6.45) is 0.934. The Bertz CT molecular complexity index is 432. The Morgan fingerprint density at radius 2 is 2.25 bits per heavy atom. The summed E-state index contributed by atoms with van der Waals surface area (Å²) in [5.41, 5.74) is 1.52. The van der Waals surface area contributed by atoms with Gasteiger partial charge in [0, 0.05) is 19.2 Å².